The predicted molar refractivity (Wildman–Crippen MR) is 86.8 cm³/mol. The maximum atomic E-state index is 12.2. The fourth-order valence-electron chi connectivity index (χ4n) is 2.43. The molecule has 0 aliphatic carbocycles. The average Bonchev–Trinajstić information content (AvgIpc) is 2.49. The van der Waals surface area contributed by atoms with Gasteiger partial charge in [-0.05, 0) is 43.2 Å². The second-order valence-corrected chi connectivity index (χ2v) is 5.05. The Morgan fingerprint density at radius 3 is 2.71 bits per heavy atom. The van der Waals surface area contributed by atoms with Gasteiger partial charge in [-0.15, -0.1) is 0 Å². The maximum absolute atomic E-state index is 12.2. The summed E-state index contributed by atoms with van der Waals surface area (Å²) in [4.78, 5) is 12.2. The molecule has 1 aromatic heterocycles. The van der Waals surface area contributed by atoms with E-state index in [0.29, 0.717) is 11.1 Å². The molecule has 21 heavy (non-hydrogen) atoms. The van der Waals surface area contributed by atoms with E-state index >= 15 is 0 Å². The quantitative estimate of drug-likeness (QED) is 0.731. The van der Waals surface area contributed by atoms with Crippen molar-refractivity contribution in [2.45, 2.75) is 13.8 Å². The summed E-state index contributed by atoms with van der Waals surface area (Å²) in [5.41, 5.74) is 3.97. The van der Waals surface area contributed by atoms with Gasteiger partial charge in [0.1, 0.15) is 5.58 Å². The van der Waals surface area contributed by atoms with Crippen LogP contribution >= 0.6 is 0 Å². The van der Waals surface area contributed by atoms with Crippen LogP contribution in [0.1, 0.15) is 12.5 Å². The molecule has 0 aliphatic heterocycles. The number of rotatable bonds is 3. The Labute approximate surface area is 123 Å². The third-order valence-electron chi connectivity index (χ3n) is 3.56. The Bertz CT molecular complexity index is 849. The molecule has 0 saturated carbocycles. The highest BCUT2D eigenvalue weighted by atomic mass is 16.4. The average molecular weight is 279 g/mol. The predicted octanol–water partition coefficient (Wildman–Crippen LogP) is 4.20. The van der Waals surface area contributed by atoms with E-state index in [1.165, 1.54) is 0 Å². The molecule has 0 amide bonds. The lowest BCUT2D eigenvalue weighted by molar-refractivity contribution is 0.563. The summed E-state index contributed by atoms with van der Waals surface area (Å²) in [6.07, 6.45) is 0. The topological polar surface area (TPSA) is 42.2 Å². The third-order valence-corrected chi connectivity index (χ3v) is 3.56. The van der Waals surface area contributed by atoms with E-state index < -0.39 is 0 Å². The van der Waals surface area contributed by atoms with Gasteiger partial charge in [-0.1, -0.05) is 30.3 Å². The second kappa shape index (κ2) is 5.44. The van der Waals surface area contributed by atoms with E-state index in [2.05, 4.69) is 12.2 Å². The molecule has 0 unspecified atom stereocenters. The number of anilines is 1. The second-order valence-electron chi connectivity index (χ2n) is 5.05. The van der Waals surface area contributed by atoms with E-state index in [4.69, 9.17) is 4.42 Å². The maximum Gasteiger partial charge on any atom is 0.344 e. The third kappa shape index (κ3) is 2.55. The van der Waals surface area contributed by atoms with Gasteiger partial charge in [-0.2, -0.15) is 0 Å². The van der Waals surface area contributed by atoms with Crippen molar-refractivity contribution in [3.8, 4) is 11.1 Å². The van der Waals surface area contributed by atoms with E-state index in [1.807, 2.05) is 49.4 Å². The molecular weight excluding hydrogens is 262 g/mol. The van der Waals surface area contributed by atoms with Crippen LogP contribution in [0.4, 0.5) is 5.69 Å². The molecule has 3 aromatic rings. The number of hydrogen-bond acceptors (Lipinski definition) is 3. The number of hydrogen-bond donors (Lipinski definition) is 1. The van der Waals surface area contributed by atoms with Crippen molar-refractivity contribution in [2.24, 2.45) is 0 Å². The molecule has 0 saturated heterocycles. The first kappa shape index (κ1) is 13.4. The Balaban J connectivity index is 2.18. The molecule has 3 rings (SSSR count). The van der Waals surface area contributed by atoms with Crippen LogP contribution in [0.15, 0.2) is 57.7 Å². The van der Waals surface area contributed by atoms with Crippen LogP contribution in [-0.4, -0.2) is 6.54 Å². The lowest BCUT2D eigenvalue weighted by Crippen LogP contribution is -2.04. The molecule has 2 aromatic carbocycles. The van der Waals surface area contributed by atoms with Crippen molar-refractivity contribution >= 4 is 16.7 Å². The fourth-order valence-corrected chi connectivity index (χ4v) is 2.43. The minimum Gasteiger partial charge on any atom is -0.422 e. The molecule has 0 spiro atoms. The normalized spacial score (nSPS) is 10.8. The standard InChI is InChI=1S/C18H17NO2/c1-3-19-16-11-13(9-8-12(16)2)15-10-14-6-4-5-7-17(14)21-18(15)20/h4-11,19H,3H2,1-2H3. The van der Waals surface area contributed by atoms with Crippen molar-refractivity contribution < 1.29 is 4.42 Å². The van der Waals surface area contributed by atoms with Crippen LogP contribution in [-0.2, 0) is 0 Å². The molecule has 1 N–H and O–H groups in total. The van der Waals surface area contributed by atoms with Gasteiger partial charge in [-0.3, -0.25) is 0 Å². The van der Waals surface area contributed by atoms with Crippen LogP contribution in [0, 0.1) is 6.92 Å². The van der Waals surface area contributed by atoms with Gasteiger partial charge in [0.2, 0.25) is 0 Å². The molecule has 106 valence electrons. The van der Waals surface area contributed by atoms with Crippen LogP contribution in [0.5, 0.6) is 0 Å². The van der Waals surface area contributed by atoms with Gasteiger partial charge in [0.25, 0.3) is 0 Å². The Kier molecular flexibility index (Phi) is 3.48. The first-order valence-electron chi connectivity index (χ1n) is 7.07. The first-order chi connectivity index (χ1) is 10.2. The van der Waals surface area contributed by atoms with E-state index in [9.17, 15) is 4.79 Å². The van der Waals surface area contributed by atoms with Crippen molar-refractivity contribution in [3.63, 3.8) is 0 Å². The van der Waals surface area contributed by atoms with Gasteiger partial charge in [0.15, 0.2) is 0 Å². The molecular formula is C18H17NO2. The zero-order chi connectivity index (χ0) is 14.8. The summed E-state index contributed by atoms with van der Waals surface area (Å²) in [6.45, 7) is 4.94. The van der Waals surface area contributed by atoms with Crippen molar-refractivity contribution in [1.82, 2.24) is 0 Å². The zero-order valence-corrected chi connectivity index (χ0v) is 12.1. The highest BCUT2D eigenvalue weighted by Crippen LogP contribution is 2.25. The molecule has 3 nitrogen and oxygen atoms in total. The number of fused-ring (bicyclic) bond motifs is 1. The van der Waals surface area contributed by atoms with Crippen LogP contribution in [0.3, 0.4) is 0 Å². The van der Waals surface area contributed by atoms with Gasteiger partial charge in [0, 0.05) is 17.6 Å². The SMILES string of the molecule is CCNc1cc(-c2cc3ccccc3oc2=O)ccc1C. The highest BCUT2D eigenvalue weighted by molar-refractivity contribution is 5.82. The molecule has 0 aliphatic rings. The molecule has 0 radical (unpaired) electrons. The minimum atomic E-state index is -0.306. The Hall–Kier alpha value is -2.55. The highest BCUT2D eigenvalue weighted by Gasteiger charge is 2.09. The van der Waals surface area contributed by atoms with Gasteiger partial charge < -0.3 is 9.73 Å². The van der Waals surface area contributed by atoms with Gasteiger partial charge in [-0.25, -0.2) is 4.79 Å². The van der Waals surface area contributed by atoms with E-state index in [0.717, 1.165) is 28.7 Å². The number of aryl methyl sites for hydroxylation is 1. The molecule has 0 atom stereocenters. The number of benzene rings is 2. The Morgan fingerprint density at radius 2 is 1.90 bits per heavy atom. The van der Waals surface area contributed by atoms with Crippen molar-refractivity contribution in [3.05, 3.63) is 64.5 Å². The summed E-state index contributed by atoms with van der Waals surface area (Å²) in [7, 11) is 0. The van der Waals surface area contributed by atoms with Crippen molar-refractivity contribution in [1.29, 1.82) is 0 Å². The molecule has 0 bridgehead atoms. The van der Waals surface area contributed by atoms with E-state index in [-0.39, 0.29) is 5.63 Å². The van der Waals surface area contributed by atoms with Crippen LogP contribution in [0.25, 0.3) is 22.1 Å². The number of para-hydroxylation sites is 1. The summed E-state index contributed by atoms with van der Waals surface area (Å²) in [5, 5.41) is 4.24. The van der Waals surface area contributed by atoms with Gasteiger partial charge in [0.05, 0.1) is 5.56 Å². The lowest BCUT2D eigenvalue weighted by atomic mass is 10.0. The summed E-state index contributed by atoms with van der Waals surface area (Å²) in [5.74, 6) is 0. The van der Waals surface area contributed by atoms with Crippen molar-refractivity contribution in [2.75, 3.05) is 11.9 Å². The van der Waals surface area contributed by atoms with Crippen LogP contribution in [0.2, 0.25) is 0 Å². The fraction of sp³-hybridized carbons (Fsp3) is 0.167. The summed E-state index contributed by atoms with van der Waals surface area (Å²) < 4.78 is 5.40. The monoisotopic (exact) mass is 279 g/mol. The van der Waals surface area contributed by atoms with Crippen LogP contribution < -0.4 is 10.9 Å². The largest absolute Gasteiger partial charge is 0.422 e. The summed E-state index contributed by atoms with van der Waals surface area (Å²) in [6, 6.07) is 15.4. The zero-order valence-electron chi connectivity index (χ0n) is 12.1. The first-order valence-corrected chi connectivity index (χ1v) is 7.07. The molecule has 0 fully saturated rings. The Morgan fingerprint density at radius 1 is 1.10 bits per heavy atom. The molecule has 1 heterocycles. The summed E-state index contributed by atoms with van der Waals surface area (Å²) >= 11 is 0. The lowest BCUT2D eigenvalue weighted by Gasteiger charge is -2.10. The van der Waals surface area contributed by atoms with Gasteiger partial charge >= 0.3 is 5.63 Å². The smallest absolute Gasteiger partial charge is 0.344 e. The minimum absolute atomic E-state index is 0.306. The van der Waals surface area contributed by atoms with E-state index in [1.54, 1.807) is 6.07 Å². The number of nitrogens with one attached hydrogen (secondary N) is 1. The molecule has 3 heteroatoms.